The first-order valence-electron chi connectivity index (χ1n) is 11.0. The van der Waals surface area contributed by atoms with Gasteiger partial charge < -0.3 is 4.74 Å². The number of carbonyl (C=O) groups excluding carboxylic acids is 1. The summed E-state index contributed by atoms with van der Waals surface area (Å²) in [6.45, 7) is 9.24. The molecular formula is C23H40O2S. The van der Waals surface area contributed by atoms with Crippen molar-refractivity contribution in [3.05, 3.63) is 0 Å². The van der Waals surface area contributed by atoms with E-state index in [2.05, 4.69) is 27.0 Å². The van der Waals surface area contributed by atoms with E-state index >= 15 is 0 Å². The van der Waals surface area contributed by atoms with Gasteiger partial charge in [0.2, 0.25) is 0 Å². The summed E-state index contributed by atoms with van der Waals surface area (Å²) in [6, 6.07) is 0. The Morgan fingerprint density at radius 3 is 2.38 bits per heavy atom. The van der Waals surface area contributed by atoms with Crippen LogP contribution in [-0.4, -0.2) is 24.1 Å². The molecule has 0 aromatic heterocycles. The van der Waals surface area contributed by atoms with Gasteiger partial charge in [-0.2, -0.15) is 0 Å². The highest BCUT2D eigenvalue weighted by Gasteiger charge is 2.54. The van der Waals surface area contributed by atoms with Gasteiger partial charge in [0.25, 0.3) is 0 Å². The van der Waals surface area contributed by atoms with Crippen molar-refractivity contribution in [1.29, 1.82) is 0 Å². The third-order valence-corrected chi connectivity index (χ3v) is 9.33. The van der Waals surface area contributed by atoms with Crippen LogP contribution < -0.4 is 0 Å². The van der Waals surface area contributed by atoms with Gasteiger partial charge in [-0.3, -0.25) is 4.79 Å². The summed E-state index contributed by atoms with van der Waals surface area (Å²) < 4.78 is 6.10. The number of thioether (sulfide) groups is 1. The van der Waals surface area contributed by atoms with Gasteiger partial charge in [0.05, 0.1) is 12.0 Å². The SMILES string of the molecule is CC[C@H]1C[C@H](OCSC)CCC1(C)[C@H]1CCC2(C)C(C(C)=O)CC[C@H]2C1. The summed E-state index contributed by atoms with van der Waals surface area (Å²) in [4.78, 5) is 12.2. The Balaban J connectivity index is 1.69. The molecule has 0 heterocycles. The van der Waals surface area contributed by atoms with Crippen molar-refractivity contribution in [2.75, 3.05) is 12.2 Å². The standard InChI is InChI=1S/C23H40O2S/c1-6-17-14-20(25-15-26-5)10-12-22(17,3)19-9-11-23(4)18(13-19)7-8-21(23)16(2)24/h17-21H,6-15H2,1-5H3/t17-,18-,19-,20+,21?,22?,23?/m0/s1. The Hall–Kier alpha value is -0.0200. The van der Waals surface area contributed by atoms with E-state index in [-0.39, 0.29) is 0 Å². The van der Waals surface area contributed by atoms with Crippen molar-refractivity contribution in [3.8, 4) is 0 Å². The lowest BCUT2D eigenvalue weighted by atomic mass is 9.52. The molecule has 0 aliphatic heterocycles. The van der Waals surface area contributed by atoms with E-state index in [1.54, 1.807) is 11.8 Å². The molecule has 0 N–H and O–H groups in total. The number of Topliss-reactive ketones (excluding diaryl/α,β-unsaturated/α-hetero) is 1. The molecule has 3 aliphatic carbocycles. The first kappa shape index (κ1) is 20.7. The molecule has 0 aromatic carbocycles. The minimum atomic E-state index is 0.291. The number of fused-ring (bicyclic) bond motifs is 1. The van der Waals surface area contributed by atoms with Crippen molar-refractivity contribution in [2.24, 2.45) is 34.5 Å². The van der Waals surface area contributed by atoms with Gasteiger partial charge in [0.1, 0.15) is 5.78 Å². The minimum Gasteiger partial charge on any atom is -0.368 e. The molecule has 0 bridgehead atoms. The first-order valence-corrected chi connectivity index (χ1v) is 12.4. The van der Waals surface area contributed by atoms with Crippen LogP contribution in [0.1, 0.15) is 85.5 Å². The van der Waals surface area contributed by atoms with Crippen molar-refractivity contribution in [2.45, 2.75) is 91.6 Å². The molecule has 3 heteroatoms. The molecule has 0 saturated heterocycles. The van der Waals surface area contributed by atoms with E-state index in [0.29, 0.717) is 28.6 Å². The van der Waals surface area contributed by atoms with Crippen LogP contribution in [-0.2, 0) is 9.53 Å². The van der Waals surface area contributed by atoms with Crippen LogP contribution in [0, 0.1) is 34.5 Å². The Labute approximate surface area is 165 Å². The summed E-state index contributed by atoms with van der Waals surface area (Å²) in [5.74, 6) is 4.03. The predicted octanol–water partition coefficient (Wildman–Crippen LogP) is 6.33. The van der Waals surface area contributed by atoms with Gasteiger partial charge in [0, 0.05) is 5.92 Å². The molecule has 0 amide bonds. The molecule has 0 spiro atoms. The van der Waals surface area contributed by atoms with Crippen LogP contribution in [0.3, 0.4) is 0 Å². The van der Waals surface area contributed by atoms with Crippen LogP contribution in [0.2, 0.25) is 0 Å². The van der Waals surface area contributed by atoms with Crippen molar-refractivity contribution >= 4 is 17.5 Å². The Morgan fingerprint density at radius 1 is 1.04 bits per heavy atom. The van der Waals surface area contributed by atoms with Gasteiger partial charge in [-0.1, -0.05) is 27.2 Å². The zero-order valence-electron chi connectivity index (χ0n) is 17.7. The number of rotatable bonds is 6. The lowest BCUT2D eigenvalue weighted by Crippen LogP contribution is -2.47. The van der Waals surface area contributed by atoms with Crippen LogP contribution in [0.25, 0.3) is 0 Å². The van der Waals surface area contributed by atoms with E-state index in [0.717, 1.165) is 30.1 Å². The largest absolute Gasteiger partial charge is 0.368 e. The maximum Gasteiger partial charge on any atom is 0.133 e. The Bertz CT molecular complexity index is 506. The van der Waals surface area contributed by atoms with Gasteiger partial charge in [-0.25, -0.2) is 0 Å². The number of ketones is 1. The van der Waals surface area contributed by atoms with Gasteiger partial charge in [0.15, 0.2) is 0 Å². The van der Waals surface area contributed by atoms with E-state index in [1.807, 2.05) is 6.92 Å². The van der Waals surface area contributed by atoms with E-state index in [9.17, 15) is 4.79 Å². The first-order chi connectivity index (χ1) is 12.3. The Morgan fingerprint density at radius 2 is 1.73 bits per heavy atom. The second-order valence-electron chi connectivity index (χ2n) is 10.00. The maximum absolute atomic E-state index is 12.2. The zero-order valence-corrected chi connectivity index (χ0v) is 18.5. The minimum absolute atomic E-state index is 0.291. The van der Waals surface area contributed by atoms with Crippen molar-refractivity contribution < 1.29 is 9.53 Å². The van der Waals surface area contributed by atoms with Gasteiger partial charge in [-0.15, -0.1) is 11.8 Å². The highest BCUT2D eigenvalue weighted by atomic mass is 32.2. The summed E-state index contributed by atoms with van der Waals surface area (Å²) in [5.41, 5.74) is 0.767. The highest BCUT2D eigenvalue weighted by Crippen LogP contribution is 2.62. The number of carbonyl (C=O) groups is 1. The van der Waals surface area contributed by atoms with Crippen LogP contribution in [0.4, 0.5) is 0 Å². The lowest BCUT2D eigenvalue weighted by Gasteiger charge is -2.54. The molecule has 3 rings (SSSR count). The van der Waals surface area contributed by atoms with Gasteiger partial charge in [-0.05, 0) is 93.1 Å². The molecule has 26 heavy (non-hydrogen) atoms. The quantitative estimate of drug-likeness (QED) is 0.504. The highest BCUT2D eigenvalue weighted by molar-refractivity contribution is 7.98. The maximum atomic E-state index is 12.2. The van der Waals surface area contributed by atoms with Crippen LogP contribution in [0.15, 0.2) is 0 Å². The van der Waals surface area contributed by atoms with E-state index < -0.39 is 0 Å². The van der Waals surface area contributed by atoms with Gasteiger partial charge >= 0.3 is 0 Å². The topological polar surface area (TPSA) is 26.3 Å². The third-order valence-electron chi connectivity index (χ3n) is 8.96. The Kier molecular flexibility index (Phi) is 6.49. The fraction of sp³-hybridized carbons (Fsp3) is 0.957. The fourth-order valence-corrected chi connectivity index (χ4v) is 7.49. The molecule has 3 saturated carbocycles. The van der Waals surface area contributed by atoms with Crippen molar-refractivity contribution in [3.63, 3.8) is 0 Å². The molecule has 150 valence electrons. The fourth-order valence-electron chi connectivity index (χ4n) is 7.16. The monoisotopic (exact) mass is 380 g/mol. The van der Waals surface area contributed by atoms with Crippen molar-refractivity contribution in [1.82, 2.24) is 0 Å². The zero-order chi connectivity index (χ0) is 18.9. The number of hydrogen-bond acceptors (Lipinski definition) is 3. The predicted molar refractivity (Wildman–Crippen MR) is 111 cm³/mol. The lowest BCUT2D eigenvalue weighted by molar-refractivity contribution is -0.126. The molecule has 3 unspecified atom stereocenters. The molecule has 2 nitrogen and oxygen atoms in total. The van der Waals surface area contributed by atoms with Crippen LogP contribution >= 0.6 is 11.8 Å². The molecule has 3 aliphatic rings. The molecule has 7 atom stereocenters. The van der Waals surface area contributed by atoms with Crippen LogP contribution in [0.5, 0.6) is 0 Å². The second kappa shape index (κ2) is 8.15. The summed E-state index contributed by atoms with van der Waals surface area (Å²) in [7, 11) is 0. The number of ether oxygens (including phenoxy) is 1. The second-order valence-corrected chi connectivity index (χ2v) is 10.8. The molecule has 3 fully saturated rings. The third kappa shape index (κ3) is 3.64. The average molecular weight is 381 g/mol. The summed E-state index contributed by atoms with van der Waals surface area (Å²) >= 11 is 1.79. The average Bonchev–Trinajstić information content (AvgIpc) is 2.97. The van der Waals surface area contributed by atoms with E-state index in [1.165, 1.54) is 51.4 Å². The van der Waals surface area contributed by atoms with E-state index in [4.69, 9.17) is 4.74 Å². The molecule has 0 aromatic rings. The summed E-state index contributed by atoms with van der Waals surface area (Å²) in [6.07, 6.45) is 14.1. The molecular weight excluding hydrogens is 340 g/mol. The molecule has 0 radical (unpaired) electrons. The smallest absolute Gasteiger partial charge is 0.133 e. The normalized spacial score (nSPS) is 46.1. The summed E-state index contributed by atoms with van der Waals surface area (Å²) in [5, 5.41) is 0. The number of hydrogen-bond donors (Lipinski definition) is 0.